The minimum absolute atomic E-state index is 0.297. The summed E-state index contributed by atoms with van der Waals surface area (Å²) in [6.45, 7) is 2.81. The van der Waals surface area contributed by atoms with Crippen molar-refractivity contribution in [3.63, 3.8) is 0 Å². The zero-order valence-electron chi connectivity index (χ0n) is 13.9. The molecular formula is C20H24O4. The standard InChI is InChI=1S/C20H24O4/c1-15-20(21)18(22-13-16-8-4-2-5-9-16)12-19(24-15)23-14-17-10-6-3-7-11-17/h2-11,15,18-21H,12-14H2,1H3/t15-,18+,19+,20-/m0/s1. The molecule has 0 bridgehead atoms. The highest BCUT2D eigenvalue weighted by atomic mass is 16.7. The topological polar surface area (TPSA) is 47.9 Å². The van der Waals surface area contributed by atoms with E-state index in [2.05, 4.69) is 0 Å². The molecule has 0 radical (unpaired) electrons. The van der Waals surface area contributed by atoms with Gasteiger partial charge in [-0.05, 0) is 18.1 Å². The SMILES string of the molecule is C[C@@H]1O[C@@H](OCc2ccccc2)C[C@@H](OCc2ccccc2)[C@H]1O. The molecule has 0 spiro atoms. The van der Waals surface area contributed by atoms with Crippen LogP contribution in [0.4, 0.5) is 0 Å². The summed E-state index contributed by atoms with van der Waals surface area (Å²) in [5.41, 5.74) is 2.19. The largest absolute Gasteiger partial charge is 0.388 e. The number of rotatable bonds is 6. The Hall–Kier alpha value is -1.72. The maximum atomic E-state index is 10.3. The zero-order chi connectivity index (χ0) is 16.8. The summed E-state index contributed by atoms with van der Waals surface area (Å²) >= 11 is 0. The summed E-state index contributed by atoms with van der Waals surface area (Å²) in [6.07, 6.45) is -1.12. The van der Waals surface area contributed by atoms with Crippen LogP contribution in [0.3, 0.4) is 0 Å². The Labute approximate surface area is 143 Å². The molecule has 2 aromatic rings. The lowest BCUT2D eigenvalue weighted by atomic mass is 10.0. The first-order chi connectivity index (χ1) is 11.7. The summed E-state index contributed by atoms with van der Waals surface area (Å²) in [5.74, 6) is 0. The molecule has 1 heterocycles. The summed E-state index contributed by atoms with van der Waals surface area (Å²) in [4.78, 5) is 0. The Balaban J connectivity index is 1.53. The molecule has 1 fully saturated rings. The Morgan fingerprint density at radius 3 is 2.04 bits per heavy atom. The Kier molecular flexibility index (Phi) is 5.99. The summed E-state index contributed by atoms with van der Waals surface area (Å²) in [6, 6.07) is 19.9. The second-order valence-electron chi connectivity index (χ2n) is 6.13. The van der Waals surface area contributed by atoms with Crippen LogP contribution in [-0.4, -0.2) is 29.7 Å². The number of ether oxygens (including phenoxy) is 3. The van der Waals surface area contributed by atoms with Gasteiger partial charge < -0.3 is 19.3 Å². The molecule has 0 aromatic heterocycles. The van der Waals surface area contributed by atoms with E-state index in [-0.39, 0.29) is 18.5 Å². The molecule has 4 atom stereocenters. The van der Waals surface area contributed by atoms with E-state index >= 15 is 0 Å². The highest BCUT2D eigenvalue weighted by Gasteiger charge is 2.36. The van der Waals surface area contributed by atoms with Crippen molar-refractivity contribution in [2.24, 2.45) is 0 Å². The van der Waals surface area contributed by atoms with E-state index in [1.54, 1.807) is 0 Å². The first-order valence-corrected chi connectivity index (χ1v) is 8.37. The zero-order valence-corrected chi connectivity index (χ0v) is 13.9. The van der Waals surface area contributed by atoms with Crippen LogP contribution in [0.15, 0.2) is 60.7 Å². The van der Waals surface area contributed by atoms with Crippen LogP contribution >= 0.6 is 0 Å². The van der Waals surface area contributed by atoms with Crippen molar-refractivity contribution in [3.8, 4) is 0 Å². The maximum Gasteiger partial charge on any atom is 0.161 e. The minimum atomic E-state index is -0.648. The molecule has 0 aliphatic carbocycles. The van der Waals surface area contributed by atoms with Crippen molar-refractivity contribution in [2.45, 2.75) is 51.2 Å². The Morgan fingerprint density at radius 1 is 0.917 bits per heavy atom. The molecule has 0 unspecified atom stereocenters. The molecule has 4 nitrogen and oxygen atoms in total. The van der Waals surface area contributed by atoms with Gasteiger partial charge in [0.15, 0.2) is 6.29 Å². The highest BCUT2D eigenvalue weighted by Crippen LogP contribution is 2.25. The van der Waals surface area contributed by atoms with Crippen molar-refractivity contribution in [1.29, 1.82) is 0 Å². The number of hydrogen-bond acceptors (Lipinski definition) is 4. The lowest BCUT2D eigenvalue weighted by molar-refractivity contribution is -0.258. The maximum absolute atomic E-state index is 10.3. The Morgan fingerprint density at radius 2 is 1.46 bits per heavy atom. The van der Waals surface area contributed by atoms with E-state index in [0.717, 1.165) is 11.1 Å². The van der Waals surface area contributed by atoms with Gasteiger partial charge in [0.2, 0.25) is 0 Å². The van der Waals surface area contributed by atoms with Gasteiger partial charge in [-0.25, -0.2) is 0 Å². The van der Waals surface area contributed by atoms with Crippen LogP contribution in [0.1, 0.15) is 24.5 Å². The van der Waals surface area contributed by atoms with Crippen molar-refractivity contribution in [3.05, 3.63) is 71.8 Å². The van der Waals surface area contributed by atoms with E-state index in [0.29, 0.717) is 19.6 Å². The Bertz CT molecular complexity index is 602. The first-order valence-electron chi connectivity index (χ1n) is 8.37. The van der Waals surface area contributed by atoms with Crippen LogP contribution in [0.25, 0.3) is 0 Å². The van der Waals surface area contributed by atoms with E-state index in [1.165, 1.54) is 0 Å². The fourth-order valence-corrected chi connectivity index (χ4v) is 2.82. The molecular weight excluding hydrogens is 304 g/mol. The summed E-state index contributed by atoms with van der Waals surface area (Å²) < 4.78 is 17.5. The smallest absolute Gasteiger partial charge is 0.161 e. The predicted molar refractivity (Wildman–Crippen MR) is 91.2 cm³/mol. The summed E-state index contributed by atoms with van der Waals surface area (Å²) in [7, 11) is 0. The van der Waals surface area contributed by atoms with E-state index in [4.69, 9.17) is 14.2 Å². The molecule has 4 heteroatoms. The molecule has 1 aliphatic heterocycles. The molecule has 0 saturated carbocycles. The lowest BCUT2D eigenvalue weighted by Crippen LogP contribution is -2.48. The van der Waals surface area contributed by atoms with Gasteiger partial charge in [0, 0.05) is 6.42 Å². The van der Waals surface area contributed by atoms with E-state index in [1.807, 2.05) is 67.6 Å². The molecule has 1 N–H and O–H groups in total. The van der Waals surface area contributed by atoms with Crippen LogP contribution in [0.2, 0.25) is 0 Å². The van der Waals surface area contributed by atoms with Gasteiger partial charge in [-0.2, -0.15) is 0 Å². The molecule has 2 aromatic carbocycles. The van der Waals surface area contributed by atoms with Crippen molar-refractivity contribution >= 4 is 0 Å². The van der Waals surface area contributed by atoms with E-state index in [9.17, 15) is 5.11 Å². The first kappa shape index (κ1) is 17.1. The molecule has 3 rings (SSSR count). The van der Waals surface area contributed by atoms with Crippen molar-refractivity contribution in [2.75, 3.05) is 0 Å². The molecule has 0 amide bonds. The number of aliphatic hydroxyl groups is 1. The van der Waals surface area contributed by atoms with Crippen LogP contribution < -0.4 is 0 Å². The van der Waals surface area contributed by atoms with Gasteiger partial charge in [-0.1, -0.05) is 60.7 Å². The second kappa shape index (κ2) is 8.40. The van der Waals surface area contributed by atoms with Gasteiger partial charge in [0.25, 0.3) is 0 Å². The van der Waals surface area contributed by atoms with Gasteiger partial charge in [-0.3, -0.25) is 0 Å². The monoisotopic (exact) mass is 328 g/mol. The third-order valence-corrected chi connectivity index (χ3v) is 4.24. The van der Waals surface area contributed by atoms with Crippen LogP contribution in [0.5, 0.6) is 0 Å². The van der Waals surface area contributed by atoms with E-state index < -0.39 is 6.10 Å². The fourth-order valence-electron chi connectivity index (χ4n) is 2.82. The minimum Gasteiger partial charge on any atom is -0.388 e. The van der Waals surface area contributed by atoms with Crippen LogP contribution in [-0.2, 0) is 27.4 Å². The number of aliphatic hydroxyl groups excluding tert-OH is 1. The van der Waals surface area contributed by atoms with Gasteiger partial charge in [0.1, 0.15) is 6.10 Å². The average molecular weight is 328 g/mol. The normalized spacial score (nSPS) is 27.1. The molecule has 24 heavy (non-hydrogen) atoms. The van der Waals surface area contributed by atoms with Crippen molar-refractivity contribution < 1.29 is 19.3 Å². The van der Waals surface area contributed by atoms with Crippen LogP contribution in [0, 0.1) is 0 Å². The van der Waals surface area contributed by atoms with Gasteiger partial charge in [-0.15, -0.1) is 0 Å². The summed E-state index contributed by atoms with van der Waals surface area (Å²) in [5, 5.41) is 10.3. The molecule has 128 valence electrons. The van der Waals surface area contributed by atoms with Crippen molar-refractivity contribution in [1.82, 2.24) is 0 Å². The number of hydrogen-bond donors (Lipinski definition) is 1. The lowest BCUT2D eigenvalue weighted by Gasteiger charge is -2.37. The van der Waals surface area contributed by atoms with Gasteiger partial charge >= 0.3 is 0 Å². The fraction of sp³-hybridized carbons (Fsp3) is 0.400. The molecule has 1 saturated heterocycles. The van der Waals surface area contributed by atoms with Gasteiger partial charge in [0.05, 0.1) is 25.4 Å². The third-order valence-electron chi connectivity index (χ3n) is 4.24. The average Bonchev–Trinajstić information content (AvgIpc) is 2.63. The predicted octanol–water partition coefficient (Wildman–Crippen LogP) is 3.28. The highest BCUT2D eigenvalue weighted by molar-refractivity contribution is 5.14. The second-order valence-corrected chi connectivity index (χ2v) is 6.13. The quantitative estimate of drug-likeness (QED) is 0.884. The number of benzene rings is 2. The molecule has 1 aliphatic rings. The third kappa shape index (κ3) is 4.65.